The van der Waals surface area contributed by atoms with Crippen LogP contribution in [-0.4, -0.2) is 12.0 Å². The molecular weight excluding hydrogens is 342 g/mol. The van der Waals surface area contributed by atoms with Gasteiger partial charge in [0.15, 0.2) is 6.10 Å². The third-order valence-corrected chi connectivity index (χ3v) is 4.01. The van der Waals surface area contributed by atoms with E-state index in [1.54, 1.807) is 32.0 Å². The van der Waals surface area contributed by atoms with Gasteiger partial charge in [-0.15, -0.1) is 0 Å². The van der Waals surface area contributed by atoms with Crippen LogP contribution in [0.3, 0.4) is 0 Å². The molecule has 0 radical (unpaired) electrons. The minimum atomic E-state index is -0.785. The lowest BCUT2D eigenvalue weighted by molar-refractivity contribution is -0.122. The van der Waals surface area contributed by atoms with Gasteiger partial charge in [0, 0.05) is 23.2 Å². The lowest BCUT2D eigenvalue weighted by atomic mass is 10.1. The second-order valence-corrected chi connectivity index (χ2v) is 6.05. The molecule has 0 saturated carbocycles. The van der Waals surface area contributed by atoms with Gasteiger partial charge in [-0.3, -0.25) is 4.79 Å². The number of aryl methyl sites for hydroxylation is 1. The zero-order valence-corrected chi connectivity index (χ0v) is 14.5. The number of rotatable bonds is 4. The molecule has 5 nitrogen and oxygen atoms in total. The highest BCUT2D eigenvalue weighted by atomic mass is 35.5. The first-order chi connectivity index (χ1) is 11.9. The van der Waals surface area contributed by atoms with E-state index in [2.05, 4.69) is 5.32 Å². The number of carbonyl (C=O) groups excluding carboxylic acids is 1. The van der Waals surface area contributed by atoms with Crippen LogP contribution in [-0.2, 0) is 4.79 Å². The number of benzene rings is 2. The van der Waals surface area contributed by atoms with E-state index in [0.29, 0.717) is 16.3 Å². The van der Waals surface area contributed by atoms with Crippen LogP contribution in [0.15, 0.2) is 57.7 Å². The topological polar surface area (TPSA) is 68.5 Å². The number of nitrogens with one attached hydrogen (secondary N) is 1. The van der Waals surface area contributed by atoms with Crippen LogP contribution in [0.2, 0.25) is 5.02 Å². The number of amides is 1. The molecular formula is C19H16ClNO4. The molecule has 0 saturated heterocycles. The van der Waals surface area contributed by atoms with Gasteiger partial charge in [0.1, 0.15) is 11.3 Å². The average molecular weight is 358 g/mol. The highest BCUT2D eigenvalue weighted by Crippen LogP contribution is 2.31. The number of ether oxygens (including phenoxy) is 1. The van der Waals surface area contributed by atoms with E-state index in [4.69, 9.17) is 20.8 Å². The first-order valence-electron chi connectivity index (χ1n) is 7.70. The number of halogens is 1. The van der Waals surface area contributed by atoms with E-state index in [1.807, 2.05) is 18.2 Å². The fraction of sp³-hybridized carbons (Fsp3) is 0.158. The first-order valence-corrected chi connectivity index (χ1v) is 8.08. The van der Waals surface area contributed by atoms with Crippen molar-refractivity contribution in [1.29, 1.82) is 0 Å². The third kappa shape index (κ3) is 3.83. The van der Waals surface area contributed by atoms with E-state index >= 15 is 0 Å². The molecule has 1 N–H and O–H groups in total. The van der Waals surface area contributed by atoms with Gasteiger partial charge in [-0.1, -0.05) is 29.8 Å². The second-order valence-electron chi connectivity index (χ2n) is 5.64. The van der Waals surface area contributed by atoms with Crippen molar-refractivity contribution in [3.05, 3.63) is 69.5 Å². The van der Waals surface area contributed by atoms with Gasteiger partial charge in [-0.25, -0.2) is 4.79 Å². The van der Waals surface area contributed by atoms with Crippen molar-refractivity contribution in [2.45, 2.75) is 20.0 Å². The largest absolute Gasteiger partial charge is 0.479 e. The van der Waals surface area contributed by atoms with Crippen molar-refractivity contribution in [2.75, 3.05) is 5.32 Å². The number of carbonyl (C=O) groups is 1. The standard InChI is InChI=1S/C19H16ClNO4/c1-11-8-18(22)25-16-10-17(15(20)9-14(11)16)24-12(2)19(23)21-13-6-4-3-5-7-13/h3-10,12H,1-2H3,(H,21,23). The van der Waals surface area contributed by atoms with Gasteiger partial charge in [0.2, 0.25) is 0 Å². The van der Waals surface area contributed by atoms with Crippen molar-refractivity contribution < 1.29 is 13.9 Å². The van der Waals surface area contributed by atoms with Crippen LogP contribution in [0.5, 0.6) is 5.75 Å². The number of fused-ring (bicyclic) bond motifs is 1. The Morgan fingerprint density at radius 2 is 1.92 bits per heavy atom. The molecule has 3 aromatic rings. The minimum absolute atomic E-state index is 0.277. The summed E-state index contributed by atoms with van der Waals surface area (Å²) in [5.41, 5.74) is 1.34. The summed E-state index contributed by atoms with van der Waals surface area (Å²) in [5.74, 6) is -0.0355. The van der Waals surface area contributed by atoms with Crippen molar-refractivity contribution in [2.24, 2.45) is 0 Å². The van der Waals surface area contributed by atoms with Crippen molar-refractivity contribution in [1.82, 2.24) is 0 Å². The molecule has 1 aromatic heterocycles. The smallest absolute Gasteiger partial charge is 0.336 e. The summed E-state index contributed by atoms with van der Waals surface area (Å²) in [7, 11) is 0. The van der Waals surface area contributed by atoms with Gasteiger partial charge < -0.3 is 14.5 Å². The van der Waals surface area contributed by atoms with Crippen LogP contribution in [0, 0.1) is 6.92 Å². The number of anilines is 1. The van der Waals surface area contributed by atoms with Crippen molar-refractivity contribution >= 4 is 34.2 Å². The SMILES string of the molecule is Cc1cc(=O)oc2cc(OC(C)C(=O)Nc3ccccc3)c(Cl)cc12. The number of hydrogen-bond donors (Lipinski definition) is 1. The highest BCUT2D eigenvalue weighted by molar-refractivity contribution is 6.32. The molecule has 0 aliphatic rings. The van der Waals surface area contributed by atoms with E-state index in [9.17, 15) is 9.59 Å². The maximum absolute atomic E-state index is 12.2. The molecule has 128 valence electrons. The zero-order valence-electron chi connectivity index (χ0n) is 13.7. The summed E-state index contributed by atoms with van der Waals surface area (Å²) in [4.78, 5) is 23.8. The van der Waals surface area contributed by atoms with E-state index in [1.165, 1.54) is 12.1 Å². The zero-order chi connectivity index (χ0) is 18.0. The van der Waals surface area contributed by atoms with Crippen molar-refractivity contribution in [3.8, 4) is 5.75 Å². The molecule has 25 heavy (non-hydrogen) atoms. The number of para-hydroxylation sites is 1. The van der Waals surface area contributed by atoms with Gasteiger partial charge in [0.25, 0.3) is 5.91 Å². The fourth-order valence-corrected chi connectivity index (χ4v) is 2.63. The molecule has 1 heterocycles. The van der Waals surface area contributed by atoms with Crippen LogP contribution in [0.4, 0.5) is 5.69 Å². The van der Waals surface area contributed by atoms with Gasteiger partial charge >= 0.3 is 5.63 Å². The van der Waals surface area contributed by atoms with E-state index in [0.717, 1.165) is 10.9 Å². The summed E-state index contributed by atoms with van der Waals surface area (Å²) in [6.07, 6.45) is -0.785. The lowest BCUT2D eigenvalue weighted by Gasteiger charge is -2.16. The van der Waals surface area contributed by atoms with E-state index < -0.39 is 11.7 Å². The monoisotopic (exact) mass is 357 g/mol. The molecule has 0 aliphatic heterocycles. The summed E-state index contributed by atoms with van der Waals surface area (Å²) in [6.45, 7) is 3.41. The van der Waals surface area contributed by atoms with E-state index in [-0.39, 0.29) is 11.7 Å². The molecule has 0 fully saturated rings. The molecule has 6 heteroatoms. The Labute approximate surface area is 149 Å². The summed E-state index contributed by atoms with van der Waals surface area (Å²) in [6, 6.07) is 13.7. The molecule has 0 bridgehead atoms. The molecule has 1 unspecified atom stereocenters. The maximum atomic E-state index is 12.2. The Morgan fingerprint density at radius 1 is 1.20 bits per heavy atom. The molecule has 1 amide bonds. The summed E-state index contributed by atoms with van der Waals surface area (Å²) < 4.78 is 10.8. The normalized spacial score (nSPS) is 12.0. The second kappa shape index (κ2) is 6.99. The molecule has 1 atom stereocenters. The average Bonchev–Trinajstić information content (AvgIpc) is 2.57. The van der Waals surface area contributed by atoms with Crippen LogP contribution in [0.25, 0.3) is 11.0 Å². The highest BCUT2D eigenvalue weighted by Gasteiger charge is 2.17. The predicted molar refractivity (Wildman–Crippen MR) is 97.4 cm³/mol. The Bertz CT molecular complexity index is 982. The Balaban J connectivity index is 1.83. The molecule has 0 spiro atoms. The molecule has 2 aromatic carbocycles. The summed E-state index contributed by atoms with van der Waals surface area (Å²) in [5, 5.41) is 3.81. The third-order valence-electron chi connectivity index (χ3n) is 3.72. The predicted octanol–water partition coefficient (Wildman–Crippen LogP) is 4.16. The lowest BCUT2D eigenvalue weighted by Crippen LogP contribution is -2.30. The van der Waals surface area contributed by atoms with Gasteiger partial charge in [0.05, 0.1) is 5.02 Å². The minimum Gasteiger partial charge on any atom is -0.479 e. The first kappa shape index (κ1) is 17.0. The molecule has 0 aliphatic carbocycles. The Morgan fingerprint density at radius 3 is 2.64 bits per heavy atom. The fourth-order valence-electron chi connectivity index (χ4n) is 2.42. The Kier molecular flexibility index (Phi) is 4.76. The maximum Gasteiger partial charge on any atom is 0.336 e. The van der Waals surface area contributed by atoms with Crippen LogP contribution in [0.1, 0.15) is 12.5 Å². The van der Waals surface area contributed by atoms with Crippen LogP contribution >= 0.6 is 11.6 Å². The molecule has 3 rings (SSSR count). The quantitative estimate of drug-likeness (QED) is 0.712. The van der Waals surface area contributed by atoms with Gasteiger partial charge in [-0.2, -0.15) is 0 Å². The van der Waals surface area contributed by atoms with Crippen molar-refractivity contribution in [3.63, 3.8) is 0 Å². The van der Waals surface area contributed by atoms with Crippen LogP contribution < -0.4 is 15.7 Å². The number of hydrogen-bond acceptors (Lipinski definition) is 4. The van der Waals surface area contributed by atoms with Gasteiger partial charge in [-0.05, 0) is 37.6 Å². The Hall–Kier alpha value is -2.79. The summed E-state index contributed by atoms with van der Waals surface area (Å²) >= 11 is 6.25.